The zero-order valence-electron chi connectivity index (χ0n) is 21.9. The molecule has 39 heavy (non-hydrogen) atoms. The van der Waals surface area contributed by atoms with Gasteiger partial charge in [0.2, 0.25) is 12.3 Å². The quantitative estimate of drug-likeness (QED) is 0.321. The van der Waals surface area contributed by atoms with Crippen molar-refractivity contribution >= 4 is 17.8 Å². The van der Waals surface area contributed by atoms with Crippen LogP contribution >= 0.6 is 0 Å². The summed E-state index contributed by atoms with van der Waals surface area (Å²) in [6.45, 7) is 4.29. The fourth-order valence-electron chi connectivity index (χ4n) is 4.29. The fourth-order valence-corrected chi connectivity index (χ4v) is 4.29. The number of carbonyl (C=O) groups excluding carboxylic acids is 1. The lowest BCUT2D eigenvalue weighted by Gasteiger charge is -2.34. The summed E-state index contributed by atoms with van der Waals surface area (Å²) in [6.07, 6.45) is 5.03. The van der Waals surface area contributed by atoms with Crippen LogP contribution in [0.3, 0.4) is 0 Å². The van der Waals surface area contributed by atoms with Gasteiger partial charge < -0.3 is 19.5 Å². The Bertz CT molecular complexity index is 1310. The van der Waals surface area contributed by atoms with Crippen molar-refractivity contribution in [2.24, 2.45) is 0 Å². The molecule has 1 aliphatic rings. The predicted molar refractivity (Wildman–Crippen MR) is 144 cm³/mol. The van der Waals surface area contributed by atoms with E-state index in [0.29, 0.717) is 12.1 Å². The number of nitrogens with one attached hydrogen (secondary N) is 1. The first-order chi connectivity index (χ1) is 19.0. The largest absolute Gasteiger partial charge is 0.415 e. The highest BCUT2D eigenvalue weighted by atomic mass is 19.3. The van der Waals surface area contributed by atoms with Gasteiger partial charge in [-0.2, -0.15) is 8.78 Å². The first-order valence-corrected chi connectivity index (χ1v) is 12.6. The zero-order chi connectivity index (χ0) is 27.6. The second-order valence-corrected chi connectivity index (χ2v) is 9.15. The minimum atomic E-state index is -2.81. The predicted octanol–water partition coefficient (Wildman–Crippen LogP) is 4.81. The molecule has 0 saturated carbocycles. The van der Waals surface area contributed by atoms with Crippen LogP contribution in [0.25, 0.3) is 11.5 Å². The molecule has 3 aromatic heterocycles. The highest BCUT2D eigenvalue weighted by Crippen LogP contribution is 2.32. The van der Waals surface area contributed by atoms with E-state index >= 15 is 0 Å². The van der Waals surface area contributed by atoms with Gasteiger partial charge in [0.15, 0.2) is 0 Å². The summed E-state index contributed by atoms with van der Waals surface area (Å²) in [5.74, 6) is -0.712. The first kappa shape index (κ1) is 27.8. The third-order valence-corrected chi connectivity index (χ3v) is 6.29. The SMILES string of the molecule is CN(Cc1ccc(-c2nnc(C(F)F)o2)cn1)c1ccccc1N(C=O)C1CCNCC1.Cc1cccnc1. The fraction of sp³-hybridized carbons (Fsp3) is 0.321. The molecular weight excluding hydrogens is 504 g/mol. The number of aryl methyl sites for hydroxylation is 1. The molecule has 0 bridgehead atoms. The third kappa shape index (κ3) is 7.41. The normalized spacial score (nSPS) is 13.5. The van der Waals surface area contributed by atoms with Crippen LogP contribution in [0.15, 0.2) is 71.5 Å². The van der Waals surface area contributed by atoms with Crippen LogP contribution in [0.2, 0.25) is 0 Å². The van der Waals surface area contributed by atoms with Crippen molar-refractivity contribution in [1.82, 2.24) is 25.5 Å². The van der Waals surface area contributed by atoms with E-state index in [9.17, 15) is 13.6 Å². The average molecular weight is 536 g/mol. The minimum Gasteiger partial charge on any atom is -0.415 e. The summed E-state index contributed by atoms with van der Waals surface area (Å²) in [7, 11) is 1.94. The molecular formula is C28H31F2N7O2. The van der Waals surface area contributed by atoms with Gasteiger partial charge in [-0.05, 0) is 68.8 Å². The number of nitrogens with zero attached hydrogens (tertiary/aromatic N) is 6. The zero-order valence-corrected chi connectivity index (χ0v) is 21.9. The molecule has 11 heteroatoms. The number of pyridine rings is 2. The maximum Gasteiger partial charge on any atom is 0.314 e. The second kappa shape index (κ2) is 13.5. The number of hydrogen-bond donors (Lipinski definition) is 1. The number of carbonyl (C=O) groups is 1. The molecule has 0 atom stereocenters. The van der Waals surface area contributed by atoms with Crippen molar-refractivity contribution in [3.8, 4) is 11.5 Å². The Kier molecular flexibility index (Phi) is 9.63. The Balaban J connectivity index is 0.000000438. The third-order valence-electron chi connectivity index (χ3n) is 6.29. The smallest absolute Gasteiger partial charge is 0.314 e. The second-order valence-electron chi connectivity index (χ2n) is 9.15. The Hall–Kier alpha value is -4.25. The highest BCUT2D eigenvalue weighted by Gasteiger charge is 2.24. The summed E-state index contributed by atoms with van der Waals surface area (Å²) < 4.78 is 30.3. The van der Waals surface area contributed by atoms with Crippen molar-refractivity contribution in [3.05, 3.63) is 84.3 Å². The topological polar surface area (TPSA) is 100 Å². The lowest BCUT2D eigenvalue weighted by atomic mass is 10.0. The number of anilines is 2. The molecule has 0 unspecified atom stereocenters. The van der Waals surface area contributed by atoms with Gasteiger partial charge in [-0.15, -0.1) is 10.2 Å². The molecule has 1 saturated heterocycles. The number of para-hydroxylation sites is 2. The van der Waals surface area contributed by atoms with Gasteiger partial charge in [-0.25, -0.2) is 0 Å². The van der Waals surface area contributed by atoms with E-state index in [1.165, 1.54) is 11.8 Å². The standard InChI is InChI=1S/C22H24F2N6O2.C6H7N/c1-29(13-16-7-6-15(12-26-16)21-27-28-22(32-21)20(23)24)18-4-2-3-5-19(18)30(14-31)17-8-10-25-11-9-17;1-6-3-2-4-7-5-6/h2-7,12,14,17,20,25H,8-11,13H2,1H3;2-5H,1H3. The van der Waals surface area contributed by atoms with E-state index in [4.69, 9.17) is 4.42 Å². The molecule has 1 N–H and O–H groups in total. The number of amides is 1. The minimum absolute atomic E-state index is 0.00152. The van der Waals surface area contributed by atoms with Crippen LogP contribution in [0.5, 0.6) is 0 Å². The van der Waals surface area contributed by atoms with Crippen LogP contribution in [0, 0.1) is 6.92 Å². The van der Waals surface area contributed by atoms with Gasteiger partial charge in [-0.3, -0.25) is 14.8 Å². The van der Waals surface area contributed by atoms with Gasteiger partial charge >= 0.3 is 6.43 Å². The van der Waals surface area contributed by atoms with Gasteiger partial charge in [-0.1, -0.05) is 18.2 Å². The molecule has 9 nitrogen and oxygen atoms in total. The molecule has 5 rings (SSSR count). The van der Waals surface area contributed by atoms with Crippen LogP contribution in [-0.4, -0.2) is 52.8 Å². The number of hydrogen-bond acceptors (Lipinski definition) is 8. The summed E-state index contributed by atoms with van der Waals surface area (Å²) in [5.41, 5.74) is 4.22. The molecule has 1 amide bonds. The molecule has 1 aliphatic heterocycles. The molecule has 0 aliphatic carbocycles. The van der Waals surface area contributed by atoms with Crippen LogP contribution in [0.1, 0.15) is 36.4 Å². The van der Waals surface area contributed by atoms with Crippen molar-refractivity contribution in [3.63, 3.8) is 0 Å². The van der Waals surface area contributed by atoms with Crippen molar-refractivity contribution < 1.29 is 18.0 Å². The van der Waals surface area contributed by atoms with Crippen molar-refractivity contribution in [2.75, 3.05) is 29.9 Å². The van der Waals surface area contributed by atoms with Gasteiger partial charge in [0.1, 0.15) is 0 Å². The Labute approximate surface area is 225 Å². The lowest BCUT2D eigenvalue weighted by molar-refractivity contribution is -0.108. The van der Waals surface area contributed by atoms with E-state index in [2.05, 4.69) is 25.5 Å². The highest BCUT2D eigenvalue weighted by molar-refractivity contribution is 5.84. The summed E-state index contributed by atoms with van der Waals surface area (Å²) in [4.78, 5) is 24.1. The number of rotatable bonds is 8. The molecule has 0 radical (unpaired) electrons. The molecule has 4 aromatic rings. The number of alkyl halides is 2. The summed E-state index contributed by atoms with van der Waals surface area (Å²) >= 11 is 0. The van der Waals surface area contributed by atoms with E-state index in [-0.39, 0.29) is 11.9 Å². The molecule has 1 aromatic carbocycles. The van der Waals surface area contributed by atoms with E-state index in [1.54, 1.807) is 18.3 Å². The Morgan fingerprint density at radius 2 is 1.82 bits per heavy atom. The van der Waals surface area contributed by atoms with Crippen LogP contribution < -0.4 is 15.1 Å². The number of halogens is 2. The molecule has 1 fully saturated rings. The van der Waals surface area contributed by atoms with E-state index in [1.807, 2.05) is 66.4 Å². The monoisotopic (exact) mass is 535 g/mol. The lowest BCUT2D eigenvalue weighted by Crippen LogP contribution is -2.43. The first-order valence-electron chi connectivity index (χ1n) is 12.6. The number of piperidine rings is 1. The van der Waals surface area contributed by atoms with Crippen molar-refractivity contribution in [1.29, 1.82) is 0 Å². The molecule has 0 spiro atoms. The Morgan fingerprint density at radius 1 is 1.05 bits per heavy atom. The average Bonchev–Trinajstić information content (AvgIpc) is 3.47. The van der Waals surface area contributed by atoms with E-state index < -0.39 is 12.3 Å². The molecule has 4 heterocycles. The molecule has 204 valence electrons. The maximum atomic E-state index is 12.7. The summed E-state index contributed by atoms with van der Waals surface area (Å²) in [6, 6.07) is 15.4. The Morgan fingerprint density at radius 3 is 2.38 bits per heavy atom. The van der Waals surface area contributed by atoms with Crippen molar-refractivity contribution in [2.45, 2.75) is 38.8 Å². The maximum absolute atomic E-state index is 12.7. The van der Waals surface area contributed by atoms with Gasteiger partial charge in [0.05, 0.1) is 29.2 Å². The van der Waals surface area contributed by atoms with Crippen LogP contribution in [-0.2, 0) is 11.3 Å². The van der Waals surface area contributed by atoms with Crippen LogP contribution in [0.4, 0.5) is 20.2 Å². The van der Waals surface area contributed by atoms with Gasteiger partial charge in [0, 0.05) is 31.7 Å². The van der Waals surface area contributed by atoms with Gasteiger partial charge in [0.25, 0.3) is 5.89 Å². The summed E-state index contributed by atoms with van der Waals surface area (Å²) in [5, 5.41) is 10.3. The number of benzene rings is 1. The van der Waals surface area contributed by atoms with E-state index in [0.717, 1.165) is 49.4 Å². The number of aromatic nitrogens is 4.